The third-order valence-corrected chi connectivity index (χ3v) is 10.0. The van der Waals surface area contributed by atoms with E-state index in [4.69, 9.17) is 0 Å². The van der Waals surface area contributed by atoms with Gasteiger partial charge in [0, 0.05) is 0 Å². The van der Waals surface area contributed by atoms with E-state index in [0.717, 1.165) is 12.3 Å². The minimum Gasteiger partial charge on any atom is -0.0654 e. The van der Waals surface area contributed by atoms with Crippen LogP contribution >= 0.6 is 0 Å². The maximum Gasteiger partial charge on any atom is -0.0414 e. The minimum atomic E-state index is 1.03. The summed E-state index contributed by atoms with van der Waals surface area (Å²) >= 11 is 0. The molecule has 1 radical (unpaired) electrons. The van der Waals surface area contributed by atoms with Gasteiger partial charge in [-0.2, -0.15) is 0 Å². The first-order valence-electron chi connectivity index (χ1n) is 20.6. The molecule has 0 aliphatic rings. The molecule has 0 aromatic heterocycles. The van der Waals surface area contributed by atoms with Gasteiger partial charge in [0.1, 0.15) is 0 Å². The van der Waals surface area contributed by atoms with Crippen LogP contribution in [0.4, 0.5) is 0 Å². The van der Waals surface area contributed by atoms with Gasteiger partial charge in [-0.25, -0.2) is 0 Å². The lowest BCUT2D eigenvalue weighted by molar-refractivity contribution is 0.365. The second-order valence-electron chi connectivity index (χ2n) is 14.4. The van der Waals surface area contributed by atoms with E-state index in [1.54, 1.807) is 0 Å². The van der Waals surface area contributed by atoms with E-state index in [-0.39, 0.29) is 0 Å². The fourth-order valence-corrected chi connectivity index (χ4v) is 7.01. The molecule has 0 spiro atoms. The Morgan fingerprint density at radius 1 is 0.262 bits per heavy atom. The number of hydrogen-bond acceptors (Lipinski definition) is 0. The summed E-state index contributed by atoms with van der Waals surface area (Å²) in [6, 6.07) is 0. The van der Waals surface area contributed by atoms with E-state index in [9.17, 15) is 0 Å². The van der Waals surface area contributed by atoms with Gasteiger partial charge >= 0.3 is 0 Å². The molecule has 0 rings (SSSR count). The highest BCUT2D eigenvalue weighted by atomic mass is 14.1. The van der Waals surface area contributed by atoms with Crippen LogP contribution < -0.4 is 0 Å². The second-order valence-corrected chi connectivity index (χ2v) is 14.4. The Balaban J connectivity index is 3.88. The predicted octanol–water partition coefficient (Wildman–Crippen LogP) is 16.3. The van der Waals surface area contributed by atoms with Crippen molar-refractivity contribution in [2.75, 3.05) is 0 Å². The van der Waals surface area contributed by atoms with Crippen molar-refractivity contribution in [1.29, 1.82) is 0 Å². The molecule has 0 N–H and O–H groups in total. The molecule has 0 heterocycles. The third kappa shape index (κ3) is 36.2. The molecular weight excluding hydrogens is 504 g/mol. The molecule has 0 heteroatoms. The molecule has 0 bridgehead atoms. The van der Waals surface area contributed by atoms with E-state index in [2.05, 4.69) is 20.8 Å². The van der Waals surface area contributed by atoms with Crippen LogP contribution in [0.3, 0.4) is 0 Å². The number of rotatable bonds is 38. The molecule has 42 heavy (non-hydrogen) atoms. The Hall–Kier alpha value is 0. The predicted molar refractivity (Wildman–Crippen MR) is 196 cm³/mol. The van der Waals surface area contributed by atoms with E-state index < -0.39 is 0 Å². The van der Waals surface area contributed by atoms with Crippen LogP contribution in [0.1, 0.15) is 258 Å². The highest BCUT2D eigenvalue weighted by Gasteiger charge is 2.09. The molecule has 0 nitrogen and oxygen atoms in total. The molecule has 0 saturated heterocycles. The monoisotopic (exact) mass is 590 g/mol. The van der Waals surface area contributed by atoms with Crippen LogP contribution in [0.2, 0.25) is 0 Å². The van der Waals surface area contributed by atoms with Gasteiger partial charge in [-0.3, -0.25) is 0 Å². The average Bonchev–Trinajstić information content (AvgIpc) is 3.00. The van der Waals surface area contributed by atoms with Crippen molar-refractivity contribution in [3.63, 3.8) is 0 Å². The van der Waals surface area contributed by atoms with Crippen LogP contribution in [-0.2, 0) is 0 Å². The number of hydrogen-bond donors (Lipinski definition) is 0. The summed E-state index contributed by atoms with van der Waals surface area (Å²) in [6.45, 7) is 8.60. The van der Waals surface area contributed by atoms with Crippen molar-refractivity contribution < 1.29 is 0 Å². The van der Waals surface area contributed by atoms with E-state index in [0.29, 0.717) is 0 Å². The van der Waals surface area contributed by atoms with Gasteiger partial charge < -0.3 is 0 Å². The van der Waals surface area contributed by atoms with Gasteiger partial charge in [0.15, 0.2) is 0 Å². The molecule has 253 valence electrons. The zero-order valence-electron chi connectivity index (χ0n) is 30.2. The van der Waals surface area contributed by atoms with Crippen molar-refractivity contribution in [2.45, 2.75) is 258 Å². The summed E-state index contributed by atoms with van der Waals surface area (Å²) < 4.78 is 0. The van der Waals surface area contributed by atoms with Crippen LogP contribution in [0.25, 0.3) is 0 Å². The highest BCUT2D eigenvalue weighted by molar-refractivity contribution is 4.62. The second kappa shape index (κ2) is 39.0. The number of unbranched alkanes of at least 4 members (excludes halogenated alkanes) is 32. The summed E-state index contributed by atoms with van der Waals surface area (Å²) in [5.41, 5.74) is 0. The topological polar surface area (TPSA) is 0 Å². The molecule has 0 aliphatic carbocycles. The molecule has 1 atom stereocenters. The highest BCUT2D eigenvalue weighted by Crippen LogP contribution is 2.25. The van der Waals surface area contributed by atoms with Crippen LogP contribution in [0, 0.1) is 12.8 Å². The fraction of sp³-hybridized carbons (Fsp3) is 0.976. The lowest BCUT2D eigenvalue weighted by Gasteiger charge is -2.17. The zero-order valence-corrected chi connectivity index (χ0v) is 30.2. The average molecular weight is 590 g/mol. The van der Waals surface area contributed by atoms with Crippen molar-refractivity contribution in [2.24, 2.45) is 5.92 Å². The molecule has 0 saturated carbocycles. The Morgan fingerprint density at radius 3 is 0.667 bits per heavy atom. The van der Waals surface area contributed by atoms with Gasteiger partial charge in [-0.15, -0.1) is 0 Å². The maximum absolute atomic E-state index is 3.96. The molecular formula is C42H85. The standard InChI is InChI=1S/C42H85/c1-4-7-10-13-16-19-22-24-26-29-32-35-38-41-42(39-36-33-30-27-21-18-15-12-9-6-3)40-37-34-31-28-25-23-20-17-14-11-8-5-2/h42H,2,4-41H2,1,3H3. The van der Waals surface area contributed by atoms with Gasteiger partial charge in [-0.1, -0.05) is 265 Å². The SMILES string of the molecule is [CH2]CCCCCCCCCCCCCC(CCCCCCCCCCCC)CCCCCCCCCCCCCCC. The van der Waals surface area contributed by atoms with Crippen molar-refractivity contribution in [1.82, 2.24) is 0 Å². The minimum absolute atomic E-state index is 1.03. The Bertz CT molecular complexity index is 439. The summed E-state index contributed by atoms with van der Waals surface area (Å²) in [4.78, 5) is 0. The molecule has 0 aliphatic heterocycles. The fourth-order valence-electron chi connectivity index (χ4n) is 7.01. The molecule has 1 unspecified atom stereocenters. The summed E-state index contributed by atoms with van der Waals surface area (Å²) in [6.07, 6.45) is 55.7. The third-order valence-electron chi connectivity index (χ3n) is 10.0. The zero-order chi connectivity index (χ0) is 30.4. The summed E-state index contributed by atoms with van der Waals surface area (Å²) in [5.74, 6) is 1.03. The van der Waals surface area contributed by atoms with E-state index >= 15 is 0 Å². The van der Waals surface area contributed by atoms with Gasteiger partial charge in [0.2, 0.25) is 0 Å². The Kier molecular flexibility index (Phi) is 39.0. The van der Waals surface area contributed by atoms with Gasteiger partial charge in [0.25, 0.3) is 0 Å². The van der Waals surface area contributed by atoms with E-state index in [1.807, 2.05) is 0 Å². The van der Waals surface area contributed by atoms with Crippen molar-refractivity contribution in [3.05, 3.63) is 6.92 Å². The van der Waals surface area contributed by atoms with Gasteiger partial charge in [-0.05, 0) is 5.92 Å². The van der Waals surface area contributed by atoms with Crippen LogP contribution in [0.15, 0.2) is 0 Å². The molecule has 0 fully saturated rings. The van der Waals surface area contributed by atoms with Crippen LogP contribution in [0.5, 0.6) is 0 Å². The van der Waals surface area contributed by atoms with Gasteiger partial charge in [0.05, 0.1) is 0 Å². The lowest BCUT2D eigenvalue weighted by atomic mass is 9.89. The van der Waals surface area contributed by atoms with Crippen molar-refractivity contribution >= 4 is 0 Å². The van der Waals surface area contributed by atoms with Crippen LogP contribution in [-0.4, -0.2) is 0 Å². The lowest BCUT2D eigenvalue weighted by Crippen LogP contribution is -2.01. The summed E-state index contributed by atoms with van der Waals surface area (Å²) in [7, 11) is 0. The first-order chi connectivity index (χ1) is 20.8. The van der Waals surface area contributed by atoms with Crippen molar-refractivity contribution in [3.8, 4) is 0 Å². The molecule has 0 amide bonds. The van der Waals surface area contributed by atoms with E-state index in [1.165, 1.54) is 238 Å². The normalized spacial score (nSPS) is 12.4. The summed E-state index contributed by atoms with van der Waals surface area (Å²) in [5, 5.41) is 0. The quantitative estimate of drug-likeness (QED) is 0.0628. The first kappa shape index (κ1) is 42.0. The molecule has 0 aromatic carbocycles. The maximum atomic E-state index is 3.96. The smallest absolute Gasteiger partial charge is 0.0414 e. The molecule has 0 aromatic rings. The Morgan fingerprint density at radius 2 is 0.452 bits per heavy atom. The first-order valence-corrected chi connectivity index (χ1v) is 20.6. The Labute approximate surface area is 270 Å². The largest absolute Gasteiger partial charge is 0.0654 e.